The van der Waals surface area contributed by atoms with Crippen LogP contribution in [-0.2, 0) is 0 Å². The summed E-state index contributed by atoms with van der Waals surface area (Å²) in [5.41, 5.74) is 1.12. The minimum Gasteiger partial charge on any atom is -1.00 e. The lowest BCUT2D eigenvalue weighted by Crippen LogP contribution is -3.00. The lowest BCUT2D eigenvalue weighted by molar-refractivity contribution is -0.896. The van der Waals surface area contributed by atoms with Crippen molar-refractivity contribution in [2.24, 2.45) is 0 Å². The molecule has 0 aromatic rings. The Morgan fingerprint density at radius 3 is 1.17 bits per heavy atom. The topological polar surface area (TPSA) is 0 Å². The molecule has 0 N–H and O–H groups in total. The highest BCUT2D eigenvalue weighted by Gasteiger charge is 2.18. The van der Waals surface area contributed by atoms with Gasteiger partial charge < -0.3 is 16.9 Å². The summed E-state index contributed by atoms with van der Waals surface area (Å²) in [5, 5.41) is 0. The molecule has 0 fully saturated rings. The fourth-order valence-corrected chi connectivity index (χ4v) is 3.63. The zero-order chi connectivity index (χ0) is 16.5. The van der Waals surface area contributed by atoms with Crippen LogP contribution < -0.4 is 12.4 Å². The molecule has 0 aliphatic carbocycles. The minimum atomic E-state index is 0. The van der Waals surface area contributed by atoms with Crippen LogP contribution in [-0.4, -0.2) is 30.1 Å². The summed E-state index contributed by atoms with van der Waals surface area (Å²) in [4.78, 5) is 0. The lowest BCUT2D eigenvalue weighted by Gasteiger charge is -2.32. The van der Waals surface area contributed by atoms with E-state index in [-0.39, 0.29) is 12.4 Å². The second-order valence-electron chi connectivity index (χ2n) is 7.43. The molecule has 0 saturated heterocycles. The standard InChI is InChI=1S/C20H43BrN.ClH/c1-4-6-8-10-12-14-16-18-22(3,20-21)19-17-15-13-11-9-7-5-2;/h4-20H2,1-3H3;1H/q+1;/p-1. The van der Waals surface area contributed by atoms with Crippen LogP contribution in [0.2, 0.25) is 0 Å². The normalized spacial score (nSPS) is 11.5. The van der Waals surface area contributed by atoms with E-state index < -0.39 is 0 Å². The van der Waals surface area contributed by atoms with Gasteiger partial charge in [0, 0.05) is 0 Å². The number of nitrogens with zero attached hydrogens (tertiary/aromatic N) is 1. The average Bonchev–Trinajstić information content (AvgIpc) is 2.53. The van der Waals surface area contributed by atoms with Gasteiger partial charge in [-0.25, -0.2) is 0 Å². The van der Waals surface area contributed by atoms with Crippen molar-refractivity contribution in [2.75, 3.05) is 25.6 Å². The van der Waals surface area contributed by atoms with Crippen molar-refractivity contribution in [3.8, 4) is 0 Å². The maximum Gasteiger partial charge on any atom is 0.134 e. The van der Waals surface area contributed by atoms with Gasteiger partial charge in [-0.3, -0.25) is 0 Å². The van der Waals surface area contributed by atoms with E-state index in [0.29, 0.717) is 0 Å². The summed E-state index contributed by atoms with van der Waals surface area (Å²) < 4.78 is 1.23. The zero-order valence-corrected chi connectivity index (χ0v) is 18.6. The third-order valence-corrected chi connectivity index (χ3v) is 6.10. The molecule has 0 aromatic heterocycles. The molecule has 23 heavy (non-hydrogen) atoms. The van der Waals surface area contributed by atoms with Gasteiger partial charge in [-0.05, 0) is 41.6 Å². The molecule has 142 valence electrons. The van der Waals surface area contributed by atoms with E-state index in [1.807, 2.05) is 0 Å². The van der Waals surface area contributed by atoms with E-state index in [0.717, 1.165) is 5.45 Å². The van der Waals surface area contributed by atoms with Crippen molar-refractivity contribution in [3.63, 3.8) is 0 Å². The molecular weight excluding hydrogens is 370 g/mol. The smallest absolute Gasteiger partial charge is 0.134 e. The van der Waals surface area contributed by atoms with E-state index in [1.54, 1.807) is 0 Å². The molecule has 0 amide bonds. The van der Waals surface area contributed by atoms with E-state index in [1.165, 1.54) is 107 Å². The fourth-order valence-electron chi connectivity index (χ4n) is 3.13. The van der Waals surface area contributed by atoms with Crippen LogP contribution in [0.5, 0.6) is 0 Å². The number of halogens is 2. The first-order valence-electron chi connectivity index (χ1n) is 10.1. The summed E-state index contributed by atoms with van der Waals surface area (Å²) in [7, 11) is 2.43. The molecule has 3 heteroatoms. The molecule has 0 aliphatic rings. The zero-order valence-electron chi connectivity index (χ0n) is 16.2. The predicted molar refractivity (Wildman–Crippen MR) is 106 cm³/mol. The van der Waals surface area contributed by atoms with Gasteiger partial charge >= 0.3 is 0 Å². The largest absolute Gasteiger partial charge is 1.00 e. The van der Waals surface area contributed by atoms with Crippen LogP contribution in [0.4, 0.5) is 0 Å². The summed E-state index contributed by atoms with van der Waals surface area (Å²) in [6.45, 7) is 7.30. The first-order chi connectivity index (χ1) is 10.7. The van der Waals surface area contributed by atoms with Crippen molar-refractivity contribution in [2.45, 2.75) is 104 Å². The molecule has 0 atom stereocenters. The van der Waals surface area contributed by atoms with Gasteiger partial charge in [-0.15, -0.1) is 0 Å². The van der Waals surface area contributed by atoms with E-state index in [2.05, 4.69) is 36.8 Å². The van der Waals surface area contributed by atoms with E-state index in [9.17, 15) is 0 Å². The Hall–Kier alpha value is 0.730. The Morgan fingerprint density at radius 1 is 0.565 bits per heavy atom. The number of hydrogen-bond donors (Lipinski definition) is 0. The van der Waals surface area contributed by atoms with E-state index in [4.69, 9.17) is 0 Å². The number of unbranched alkanes of at least 4 members (excludes halogenated alkanes) is 12. The van der Waals surface area contributed by atoms with Crippen LogP contribution in [0.3, 0.4) is 0 Å². The summed E-state index contributed by atoms with van der Waals surface area (Å²) >= 11 is 3.75. The van der Waals surface area contributed by atoms with Crippen LogP contribution in [0.25, 0.3) is 0 Å². The molecule has 0 aliphatic heterocycles. The minimum absolute atomic E-state index is 0. The van der Waals surface area contributed by atoms with E-state index >= 15 is 0 Å². The SMILES string of the molecule is CCCCCCCCC[N+](C)(CBr)CCCCCCCCC.[Cl-]. The van der Waals surface area contributed by atoms with Gasteiger partial charge in [0.2, 0.25) is 0 Å². The highest BCUT2D eigenvalue weighted by atomic mass is 79.9. The average molecular weight is 413 g/mol. The molecule has 0 bridgehead atoms. The molecular formula is C20H43BrClN. The Labute approximate surface area is 162 Å². The van der Waals surface area contributed by atoms with Crippen molar-refractivity contribution >= 4 is 15.9 Å². The van der Waals surface area contributed by atoms with Crippen molar-refractivity contribution in [1.29, 1.82) is 0 Å². The molecule has 0 aromatic carbocycles. The summed E-state index contributed by atoms with van der Waals surface area (Å²) in [6, 6.07) is 0. The highest BCUT2D eigenvalue weighted by molar-refractivity contribution is 9.09. The fraction of sp³-hybridized carbons (Fsp3) is 1.00. The number of alkyl halides is 1. The molecule has 1 nitrogen and oxygen atoms in total. The van der Waals surface area contributed by atoms with Gasteiger partial charge in [0.15, 0.2) is 0 Å². The van der Waals surface area contributed by atoms with Gasteiger partial charge in [0.05, 0.1) is 20.1 Å². The predicted octanol–water partition coefficient (Wildman–Crippen LogP) is 4.29. The third kappa shape index (κ3) is 17.3. The third-order valence-electron chi connectivity index (χ3n) is 4.89. The molecule has 0 radical (unpaired) electrons. The van der Waals surface area contributed by atoms with Crippen LogP contribution >= 0.6 is 15.9 Å². The van der Waals surface area contributed by atoms with Gasteiger partial charge in [0.1, 0.15) is 5.45 Å². The number of rotatable bonds is 17. The molecule has 0 heterocycles. The van der Waals surface area contributed by atoms with Crippen LogP contribution in [0, 0.1) is 0 Å². The number of hydrogen-bond acceptors (Lipinski definition) is 0. The Bertz CT molecular complexity index is 206. The molecule has 0 saturated carbocycles. The number of quaternary nitrogens is 1. The Balaban J connectivity index is 0. The maximum absolute atomic E-state index is 3.75. The van der Waals surface area contributed by atoms with Crippen LogP contribution in [0.15, 0.2) is 0 Å². The van der Waals surface area contributed by atoms with Crippen molar-refractivity contribution < 1.29 is 16.9 Å². The first kappa shape index (κ1) is 26.0. The van der Waals surface area contributed by atoms with Crippen molar-refractivity contribution in [1.82, 2.24) is 0 Å². The quantitative estimate of drug-likeness (QED) is 0.145. The second-order valence-corrected chi connectivity index (χ2v) is 7.93. The summed E-state index contributed by atoms with van der Waals surface area (Å²) in [5.74, 6) is 0. The van der Waals surface area contributed by atoms with Crippen LogP contribution in [0.1, 0.15) is 104 Å². The molecule has 0 spiro atoms. The lowest BCUT2D eigenvalue weighted by atomic mass is 10.1. The first-order valence-corrected chi connectivity index (χ1v) is 11.2. The van der Waals surface area contributed by atoms with Gasteiger partial charge in [-0.2, -0.15) is 0 Å². The van der Waals surface area contributed by atoms with Crippen molar-refractivity contribution in [3.05, 3.63) is 0 Å². The monoisotopic (exact) mass is 411 g/mol. The molecule has 0 unspecified atom stereocenters. The maximum atomic E-state index is 3.75. The highest BCUT2D eigenvalue weighted by Crippen LogP contribution is 2.15. The molecule has 0 rings (SSSR count). The summed E-state index contributed by atoms with van der Waals surface area (Å²) in [6.07, 6.45) is 19.9. The van der Waals surface area contributed by atoms with Gasteiger partial charge in [0.25, 0.3) is 0 Å². The Kier molecular flexibility index (Phi) is 21.5. The van der Waals surface area contributed by atoms with Gasteiger partial charge in [-0.1, -0.05) is 78.1 Å². The Morgan fingerprint density at radius 2 is 0.870 bits per heavy atom. The second kappa shape index (κ2) is 19.1.